The zero-order valence-corrected chi connectivity index (χ0v) is 16.2. The smallest absolute Gasteiger partial charge is 0.319 e. The van der Waals surface area contributed by atoms with E-state index in [1.54, 1.807) is 18.2 Å². The molecule has 1 atom stereocenters. The summed E-state index contributed by atoms with van der Waals surface area (Å²) >= 11 is 1.38. The number of thioether (sulfide) groups is 1. The molecule has 0 aliphatic carbocycles. The quantitative estimate of drug-likeness (QED) is 0.449. The SMILES string of the molecule is CCCCCCn1c(COc2ccccc2F)nnc1SC1CCOC1=O. The third-order valence-electron chi connectivity index (χ3n) is 4.36. The monoisotopic (exact) mass is 393 g/mol. The predicted octanol–water partition coefficient (Wildman–Crippen LogP) is 3.98. The summed E-state index contributed by atoms with van der Waals surface area (Å²) in [6, 6.07) is 6.29. The molecule has 1 aliphatic heterocycles. The molecule has 0 N–H and O–H groups in total. The van der Waals surface area contributed by atoms with Crippen LogP contribution in [0.15, 0.2) is 29.4 Å². The Balaban J connectivity index is 1.71. The fourth-order valence-electron chi connectivity index (χ4n) is 2.85. The van der Waals surface area contributed by atoms with Crippen LogP contribution >= 0.6 is 11.8 Å². The first kappa shape index (κ1) is 19.7. The van der Waals surface area contributed by atoms with Gasteiger partial charge in [-0.05, 0) is 18.6 Å². The number of benzene rings is 1. The lowest BCUT2D eigenvalue weighted by atomic mass is 10.2. The Morgan fingerprint density at radius 3 is 2.89 bits per heavy atom. The van der Waals surface area contributed by atoms with Crippen molar-refractivity contribution in [2.75, 3.05) is 6.61 Å². The number of unbranched alkanes of at least 4 members (excludes halogenated alkanes) is 3. The summed E-state index contributed by atoms with van der Waals surface area (Å²) in [5.41, 5.74) is 0. The Bertz CT molecular complexity index is 768. The molecule has 0 radical (unpaired) electrons. The minimum atomic E-state index is -0.408. The van der Waals surface area contributed by atoms with Crippen LogP contribution in [0.2, 0.25) is 0 Å². The van der Waals surface area contributed by atoms with E-state index in [2.05, 4.69) is 17.1 Å². The van der Waals surface area contributed by atoms with Crippen molar-refractivity contribution in [1.82, 2.24) is 14.8 Å². The summed E-state index contributed by atoms with van der Waals surface area (Å²) in [6.45, 7) is 3.48. The van der Waals surface area contributed by atoms with E-state index in [4.69, 9.17) is 9.47 Å². The summed E-state index contributed by atoms with van der Waals surface area (Å²) in [6.07, 6.45) is 5.09. The van der Waals surface area contributed by atoms with E-state index in [9.17, 15) is 9.18 Å². The Kier molecular flexibility index (Phi) is 7.09. The van der Waals surface area contributed by atoms with Gasteiger partial charge in [0.2, 0.25) is 0 Å². The molecule has 0 saturated carbocycles. The van der Waals surface area contributed by atoms with Gasteiger partial charge < -0.3 is 14.0 Å². The van der Waals surface area contributed by atoms with Crippen molar-refractivity contribution in [3.05, 3.63) is 35.9 Å². The van der Waals surface area contributed by atoms with E-state index >= 15 is 0 Å². The number of rotatable bonds is 10. The summed E-state index contributed by atoms with van der Waals surface area (Å²) in [5, 5.41) is 8.90. The molecule has 27 heavy (non-hydrogen) atoms. The maximum atomic E-state index is 13.8. The zero-order chi connectivity index (χ0) is 19.1. The van der Waals surface area contributed by atoms with E-state index < -0.39 is 5.82 Å². The summed E-state index contributed by atoms with van der Waals surface area (Å²) < 4.78 is 26.4. The van der Waals surface area contributed by atoms with Gasteiger partial charge in [-0.3, -0.25) is 4.79 Å². The molecule has 1 fully saturated rings. The molecule has 0 bridgehead atoms. The first-order chi connectivity index (χ1) is 13.2. The minimum absolute atomic E-state index is 0.122. The highest BCUT2D eigenvalue weighted by Gasteiger charge is 2.30. The second-order valence-corrected chi connectivity index (χ2v) is 7.56. The number of cyclic esters (lactones) is 1. The Morgan fingerprint density at radius 1 is 1.30 bits per heavy atom. The molecular formula is C19H24FN3O3S. The highest BCUT2D eigenvalue weighted by Crippen LogP contribution is 2.29. The normalized spacial score (nSPS) is 16.5. The number of carbonyl (C=O) groups is 1. The first-order valence-corrected chi connectivity index (χ1v) is 10.2. The topological polar surface area (TPSA) is 66.2 Å². The zero-order valence-electron chi connectivity index (χ0n) is 15.4. The van der Waals surface area contributed by atoms with Crippen LogP contribution in [0.4, 0.5) is 4.39 Å². The average Bonchev–Trinajstić information content (AvgIpc) is 3.25. The third-order valence-corrected chi connectivity index (χ3v) is 5.58. The van der Waals surface area contributed by atoms with Crippen LogP contribution in [0.1, 0.15) is 44.9 Å². The maximum Gasteiger partial charge on any atom is 0.319 e. The fraction of sp³-hybridized carbons (Fsp3) is 0.526. The molecule has 1 aliphatic rings. The Morgan fingerprint density at radius 2 is 2.15 bits per heavy atom. The number of hydrogen-bond acceptors (Lipinski definition) is 6. The van der Waals surface area contributed by atoms with E-state index in [0.717, 1.165) is 25.8 Å². The molecule has 3 rings (SSSR count). The lowest BCUT2D eigenvalue weighted by molar-refractivity contribution is -0.137. The van der Waals surface area contributed by atoms with Gasteiger partial charge in [0.25, 0.3) is 0 Å². The lowest BCUT2D eigenvalue weighted by Gasteiger charge is -2.12. The molecule has 1 aromatic heterocycles. The molecule has 1 unspecified atom stereocenters. The van der Waals surface area contributed by atoms with Crippen LogP contribution in [0, 0.1) is 5.82 Å². The largest absolute Gasteiger partial charge is 0.483 e. The van der Waals surface area contributed by atoms with Gasteiger partial charge in [-0.25, -0.2) is 4.39 Å². The van der Waals surface area contributed by atoms with Crippen LogP contribution in [-0.2, 0) is 22.7 Å². The Hall–Kier alpha value is -2.09. The minimum Gasteiger partial charge on any atom is -0.483 e. The standard InChI is InChI=1S/C19H24FN3O3S/c1-2-3-4-7-11-23-17(13-26-15-9-6-5-8-14(15)20)21-22-19(23)27-16-10-12-25-18(16)24/h5-6,8-9,16H,2-4,7,10-13H2,1H3. The first-order valence-electron chi connectivity index (χ1n) is 9.31. The summed E-state index contributed by atoms with van der Waals surface area (Å²) in [5.74, 6) is 0.203. The van der Waals surface area contributed by atoms with Gasteiger partial charge >= 0.3 is 5.97 Å². The molecule has 1 saturated heterocycles. The fourth-order valence-corrected chi connectivity index (χ4v) is 3.89. The van der Waals surface area contributed by atoms with Gasteiger partial charge in [0.05, 0.1) is 6.61 Å². The van der Waals surface area contributed by atoms with Crippen LogP contribution in [0.25, 0.3) is 0 Å². The van der Waals surface area contributed by atoms with Crippen molar-refractivity contribution < 1.29 is 18.7 Å². The van der Waals surface area contributed by atoms with Crippen LogP contribution in [-0.4, -0.2) is 32.6 Å². The number of ether oxygens (including phenoxy) is 2. The molecule has 0 amide bonds. The van der Waals surface area contributed by atoms with Gasteiger partial charge in [0, 0.05) is 13.0 Å². The van der Waals surface area contributed by atoms with Gasteiger partial charge in [0.1, 0.15) is 11.9 Å². The van der Waals surface area contributed by atoms with Crippen LogP contribution in [0.3, 0.4) is 0 Å². The van der Waals surface area contributed by atoms with Crippen molar-refractivity contribution in [3.63, 3.8) is 0 Å². The number of esters is 1. The molecule has 146 valence electrons. The lowest BCUT2D eigenvalue weighted by Crippen LogP contribution is -2.13. The van der Waals surface area contributed by atoms with Crippen LogP contribution in [0.5, 0.6) is 5.75 Å². The van der Waals surface area contributed by atoms with Gasteiger partial charge in [-0.1, -0.05) is 50.1 Å². The molecule has 6 nitrogen and oxygen atoms in total. The molecule has 8 heteroatoms. The number of halogens is 1. The van der Waals surface area contributed by atoms with Crippen molar-refractivity contribution in [2.24, 2.45) is 0 Å². The summed E-state index contributed by atoms with van der Waals surface area (Å²) in [4.78, 5) is 11.8. The maximum absolute atomic E-state index is 13.8. The van der Waals surface area contributed by atoms with E-state index in [1.165, 1.54) is 24.2 Å². The van der Waals surface area contributed by atoms with Crippen molar-refractivity contribution >= 4 is 17.7 Å². The number of hydrogen-bond donors (Lipinski definition) is 0. The van der Waals surface area contributed by atoms with Crippen LogP contribution < -0.4 is 4.74 Å². The number of carbonyl (C=O) groups excluding carboxylic acids is 1. The molecule has 2 aromatic rings. The second-order valence-electron chi connectivity index (χ2n) is 6.39. The average molecular weight is 393 g/mol. The van der Waals surface area contributed by atoms with Crippen molar-refractivity contribution in [3.8, 4) is 5.75 Å². The number of aromatic nitrogens is 3. The van der Waals surface area contributed by atoms with Gasteiger partial charge in [-0.15, -0.1) is 10.2 Å². The van der Waals surface area contributed by atoms with E-state index in [0.29, 0.717) is 24.0 Å². The molecule has 2 heterocycles. The predicted molar refractivity (Wildman–Crippen MR) is 100 cm³/mol. The van der Waals surface area contributed by atoms with Crippen molar-refractivity contribution in [1.29, 1.82) is 0 Å². The highest BCUT2D eigenvalue weighted by atomic mass is 32.2. The van der Waals surface area contributed by atoms with Gasteiger partial charge in [0.15, 0.2) is 22.5 Å². The molecule has 1 aromatic carbocycles. The van der Waals surface area contributed by atoms with E-state index in [-0.39, 0.29) is 23.6 Å². The number of nitrogens with zero attached hydrogens (tertiary/aromatic N) is 3. The highest BCUT2D eigenvalue weighted by molar-refractivity contribution is 8.00. The van der Waals surface area contributed by atoms with Gasteiger partial charge in [-0.2, -0.15) is 0 Å². The van der Waals surface area contributed by atoms with Crippen molar-refractivity contribution in [2.45, 2.75) is 62.6 Å². The third kappa shape index (κ3) is 5.22. The summed E-state index contributed by atoms with van der Waals surface area (Å²) in [7, 11) is 0. The number of para-hydroxylation sites is 1. The molecular weight excluding hydrogens is 369 g/mol. The Labute approximate surface area is 162 Å². The van der Waals surface area contributed by atoms with E-state index in [1.807, 2.05) is 4.57 Å². The molecule has 0 spiro atoms. The second kappa shape index (κ2) is 9.73.